The first-order valence-electron chi connectivity index (χ1n) is 7.00. The molecule has 7 heteroatoms. The molecule has 0 bridgehead atoms. The van der Waals surface area contributed by atoms with E-state index in [2.05, 4.69) is 11.9 Å². The lowest BCUT2D eigenvalue weighted by molar-refractivity contribution is -0.137. The van der Waals surface area contributed by atoms with Crippen LogP contribution < -0.4 is 5.56 Å². The highest BCUT2D eigenvalue weighted by molar-refractivity contribution is 8.00. The number of esters is 1. The number of thioether (sulfide) groups is 1. The quantitative estimate of drug-likeness (QED) is 0.638. The molecule has 1 aliphatic rings. The van der Waals surface area contributed by atoms with Crippen LogP contribution in [0.4, 0.5) is 0 Å². The molecule has 21 heavy (non-hydrogen) atoms. The number of thiophene rings is 1. The van der Waals surface area contributed by atoms with Crippen LogP contribution in [0, 0.1) is 0 Å². The maximum Gasteiger partial charge on any atom is 0.319 e. The molecule has 112 valence electrons. The minimum atomic E-state index is -0.252. The van der Waals surface area contributed by atoms with Crippen molar-refractivity contribution in [2.75, 3.05) is 6.61 Å². The summed E-state index contributed by atoms with van der Waals surface area (Å²) in [7, 11) is 0. The van der Waals surface area contributed by atoms with Gasteiger partial charge in [0.2, 0.25) is 0 Å². The number of carbonyl (C=O) groups is 1. The molecule has 0 spiro atoms. The summed E-state index contributed by atoms with van der Waals surface area (Å²) in [6.45, 7) is 4.98. The van der Waals surface area contributed by atoms with Gasteiger partial charge in [-0.15, -0.1) is 11.3 Å². The third-order valence-corrected chi connectivity index (χ3v) is 5.88. The van der Waals surface area contributed by atoms with Crippen LogP contribution in [0.25, 0.3) is 10.2 Å². The molecule has 3 rings (SSSR count). The van der Waals surface area contributed by atoms with Crippen molar-refractivity contribution in [3.8, 4) is 0 Å². The third-order valence-electron chi connectivity index (χ3n) is 3.47. The zero-order valence-electron chi connectivity index (χ0n) is 11.9. The lowest BCUT2D eigenvalue weighted by Crippen LogP contribution is -2.23. The molecule has 0 aliphatic carbocycles. The second kappa shape index (κ2) is 5.81. The molecule has 1 unspecified atom stereocenters. The standard InChI is InChI=1S/C14H16N2O3S2/c1-3-8-7-9-11(20-8)15-14(16(4-2)12(9)17)21-10-5-6-19-13(10)18/h7,10H,3-6H2,1-2H3. The van der Waals surface area contributed by atoms with Gasteiger partial charge < -0.3 is 4.74 Å². The average Bonchev–Trinajstić information content (AvgIpc) is 3.06. The molecule has 0 amide bonds. The van der Waals surface area contributed by atoms with Crippen molar-refractivity contribution in [3.63, 3.8) is 0 Å². The molecule has 1 atom stereocenters. The topological polar surface area (TPSA) is 61.2 Å². The van der Waals surface area contributed by atoms with Gasteiger partial charge in [-0.2, -0.15) is 0 Å². The fourth-order valence-corrected chi connectivity index (χ4v) is 4.43. The normalized spacial score (nSPS) is 18.4. The van der Waals surface area contributed by atoms with Gasteiger partial charge in [0.05, 0.1) is 12.0 Å². The molecule has 0 N–H and O–H groups in total. The number of hydrogen-bond donors (Lipinski definition) is 0. The number of carbonyl (C=O) groups excluding carboxylic acids is 1. The molecule has 2 aromatic heterocycles. The molecule has 1 aliphatic heterocycles. The smallest absolute Gasteiger partial charge is 0.319 e. The molecule has 0 radical (unpaired) electrons. The Kier molecular flexibility index (Phi) is 4.03. The summed E-state index contributed by atoms with van der Waals surface area (Å²) in [5.41, 5.74) is -0.0210. The van der Waals surface area contributed by atoms with Gasteiger partial charge in [0.1, 0.15) is 10.1 Å². The van der Waals surface area contributed by atoms with Crippen molar-refractivity contribution in [1.82, 2.24) is 9.55 Å². The number of aromatic nitrogens is 2. The lowest BCUT2D eigenvalue weighted by atomic mass is 10.3. The highest BCUT2D eigenvalue weighted by Crippen LogP contribution is 2.30. The van der Waals surface area contributed by atoms with Crippen LogP contribution in [0.3, 0.4) is 0 Å². The van der Waals surface area contributed by atoms with Crippen molar-refractivity contribution in [2.45, 2.75) is 43.6 Å². The number of fused-ring (bicyclic) bond motifs is 1. The van der Waals surface area contributed by atoms with Gasteiger partial charge in [-0.25, -0.2) is 4.98 Å². The summed E-state index contributed by atoms with van der Waals surface area (Å²) in [6.07, 6.45) is 1.57. The van der Waals surface area contributed by atoms with E-state index >= 15 is 0 Å². The van der Waals surface area contributed by atoms with Crippen molar-refractivity contribution in [1.29, 1.82) is 0 Å². The first-order valence-corrected chi connectivity index (χ1v) is 8.70. The number of nitrogens with zero attached hydrogens (tertiary/aromatic N) is 2. The van der Waals surface area contributed by atoms with Gasteiger partial charge in [0, 0.05) is 17.8 Å². The maximum atomic E-state index is 12.6. The Bertz CT molecular complexity index is 750. The van der Waals surface area contributed by atoms with E-state index < -0.39 is 0 Å². The fourth-order valence-electron chi connectivity index (χ4n) is 2.30. The minimum absolute atomic E-state index is 0.0210. The Labute approximate surface area is 130 Å². The van der Waals surface area contributed by atoms with E-state index in [-0.39, 0.29) is 16.8 Å². The van der Waals surface area contributed by atoms with Crippen LogP contribution in [0.15, 0.2) is 16.0 Å². The van der Waals surface area contributed by atoms with Crippen molar-refractivity contribution in [2.24, 2.45) is 0 Å². The largest absolute Gasteiger partial charge is 0.465 e. The number of ether oxygens (including phenoxy) is 1. The molecule has 1 fully saturated rings. The van der Waals surface area contributed by atoms with Gasteiger partial charge in [0.25, 0.3) is 5.56 Å². The van der Waals surface area contributed by atoms with Gasteiger partial charge in [-0.1, -0.05) is 18.7 Å². The summed E-state index contributed by atoms with van der Waals surface area (Å²) in [5.74, 6) is -0.211. The molecule has 5 nitrogen and oxygen atoms in total. The number of rotatable bonds is 4. The number of hydrogen-bond acceptors (Lipinski definition) is 6. The molecule has 2 aromatic rings. The van der Waals surface area contributed by atoms with E-state index in [1.54, 1.807) is 15.9 Å². The van der Waals surface area contributed by atoms with Gasteiger partial charge in [-0.3, -0.25) is 14.2 Å². The third kappa shape index (κ3) is 2.60. The Morgan fingerprint density at radius 2 is 2.29 bits per heavy atom. The zero-order valence-corrected chi connectivity index (χ0v) is 13.6. The van der Waals surface area contributed by atoms with Gasteiger partial charge >= 0.3 is 5.97 Å². The van der Waals surface area contributed by atoms with Crippen LogP contribution in [0.5, 0.6) is 0 Å². The average molecular weight is 324 g/mol. The molecule has 0 saturated carbocycles. The molecule has 1 saturated heterocycles. The van der Waals surface area contributed by atoms with E-state index in [1.807, 2.05) is 13.0 Å². The van der Waals surface area contributed by atoms with Crippen LogP contribution in [-0.2, 0) is 22.5 Å². The van der Waals surface area contributed by atoms with E-state index in [0.29, 0.717) is 30.1 Å². The van der Waals surface area contributed by atoms with Crippen molar-refractivity contribution in [3.05, 3.63) is 21.3 Å². The van der Waals surface area contributed by atoms with E-state index in [9.17, 15) is 9.59 Å². The Hall–Kier alpha value is -1.34. The molecule has 3 heterocycles. The second-order valence-electron chi connectivity index (χ2n) is 4.79. The van der Waals surface area contributed by atoms with Crippen LogP contribution in [0.1, 0.15) is 25.1 Å². The number of cyclic esters (lactones) is 1. The summed E-state index contributed by atoms with van der Waals surface area (Å²) < 4.78 is 6.62. The lowest BCUT2D eigenvalue weighted by Gasteiger charge is -2.11. The highest BCUT2D eigenvalue weighted by Gasteiger charge is 2.29. The predicted octanol–water partition coefficient (Wildman–Crippen LogP) is 2.45. The van der Waals surface area contributed by atoms with E-state index in [1.165, 1.54) is 11.8 Å². The summed E-state index contributed by atoms with van der Waals surface area (Å²) >= 11 is 2.89. The van der Waals surface area contributed by atoms with Crippen molar-refractivity contribution >= 4 is 39.3 Å². The van der Waals surface area contributed by atoms with Crippen LogP contribution in [-0.4, -0.2) is 27.4 Å². The summed E-state index contributed by atoms with van der Waals surface area (Å²) in [6, 6.07) is 1.93. The Balaban J connectivity index is 2.08. The monoisotopic (exact) mass is 324 g/mol. The summed E-state index contributed by atoms with van der Waals surface area (Å²) in [4.78, 5) is 30.7. The zero-order chi connectivity index (χ0) is 15.0. The molecule has 0 aromatic carbocycles. The van der Waals surface area contributed by atoms with Crippen molar-refractivity contribution < 1.29 is 9.53 Å². The minimum Gasteiger partial charge on any atom is -0.465 e. The van der Waals surface area contributed by atoms with E-state index in [0.717, 1.165) is 16.1 Å². The van der Waals surface area contributed by atoms with Gasteiger partial charge in [0.15, 0.2) is 5.16 Å². The summed E-state index contributed by atoms with van der Waals surface area (Å²) in [5, 5.41) is 1.04. The second-order valence-corrected chi connectivity index (χ2v) is 7.08. The van der Waals surface area contributed by atoms with Gasteiger partial charge in [-0.05, 0) is 19.4 Å². The Morgan fingerprint density at radius 3 is 2.90 bits per heavy atom. The molecular formula is C14H16N2O3S2. The van der Waals surface area contributed by atoms with E-state index in [4.69, 9.17) is 4.74 Å². The first kappa shape index (κ1) is 14.6. The van der Waals surface area contributed by atoms with Crippen LogP contribution in [0.2, 0.25) is 0 Å². The first-order chi connectivity index (χ1) is 10.1. The molecular weight excluding hydrogens is 308 g/mol. The highest BCUT2D eigenvalue weighted by atomic mass is 32.2. The SMILES string of the molecule is CCc1cc2c(=O)n(CC)c(SC3CCOC3=O)nc2s1. The van der Waals surface area contributed by atoms with Crippen LogP contribution >= 0.6 is 23.1 Å². The number of aryl methyl sites for hydroxylation is 1. The Morgan fingerprint density at radius 1 is 1.48 bits per heavy atom. The maximum absolute atomic E-state index is 12.6. The predicted molar refractivity (Wildman–Crippen MR) is 84.2 cm³/mol. The fraction of sp³-hybridized carbons (Fsp3) is 0.500.